The second-order valence-corrected chi connectivity index (χ2v) is 3.61. The van der Waals surface area contributed by atoms with Crippen LogP contribution in [0.25, 0.3) is 0 Å². The number of para-hydroxylation sites is 2. The van der Waals surface area contributed by atoms with Gasteiger partial charge in [-0.05, 0) is 18.2 Å². The van der Waals surface area contributed by atoms with Crippen LogP contribution in [0.15, 0.2) is 36.5 Å². The molecule has 0 saturated heterocycles. The summed E-state index contributed by atoms with van der Waals surface area (Å²) in [6.45, 7) is 0. The van der Waals surface area contributed by atoms with E-state index >= 15 is 0 Å². The minimum absolute atomic E-state index is 0.170. The maximum absolute atomic E-state index is 8.82. The number of pyridine rings is 1. The molecule has 2 rings (SSSR count). The van der Waals surface area contributed by atoms with Gasteiger partial charge in [-0.15, -0.1) is 0 Å². The topological polar surface area (TPSA) is 71.9 Å². The third kappa shape index (κ3) is 2.30. The fraction of sp³-hybridized carbons (Fsp3) is 0. The molecule has 0 atom stereocenters. The van der Waals surface area contributed by atoms with Crippen molar-refractivity contribution in [2.75, 3.05) is 5.73 Å². The number of nitrogen functional groups attached to an aromatic ring is 1. The lowest BCUT2D eigenvalue weighted by Crippen LogP contribution is -1.94. The molecule has 0 radical (unpaired) electrons. The molecule has 4 nitrogen and oxygen atoms in total. The molecule has 0 aliphatic heterocycles. The number of aromatic nitrogens is 1. The summed E-state index contributed by atoms with van der Waals surface area (Å²) >= 11 is 5.96. The molecule has 1 aromatic carbocycles. The molecule has 0 spiro atoms. The Labute approximate surface area is 103 Å². The van der Waals surface area contributed by atoms with Crippen molar-refractivity contribution in [2.24, 2.45) is 0 Å². The fourth-order valence-corrected chi connectivity index (χ4v) is 1.45. The Hall–Kier alpha value is -2.25. The van der Waals surface area contributed by atoms with Crippen LogP contribution in [0.4, 0.5) is 5.69 Å². The Balaban J connectivity index is 2.38. The van der Waals surface area contributed by atoms with Gasteiger partial charge in [0.25, 0.3) is 0 Å². The molecule has 0 saturated carbocycles. The van der Waals surface area contributed by atoms with Gasteiger partial charge < -0.3 is 10.5 Å². The van der Waals surface area contributed by atoms with Crippen molar-refractivity contribution in [1.82, 2.24) is 4.98 Å². The number of benzene rings is 1. The van der Waals surface area contributed by atoms with Crippen LogP contribution < -0.4 is 10.5 Å². The number of ether oxygens (including phenoxy) is 1. The van der Waals surface area contributed by atoms with Crippen molar-refractivity contribution in [1.29, 1.82) is 5.26 Å². The zero-order valence-corrected chi connectivity index (χ0v) is 9.48. The third-order valence-corrected chi connectivity index (χ3v) is 2.47. The first-order chi connectivity index (χ1) is 8.22. The summed E-state index contributed by atoms with van der Waals surface area (Å²) in [6, 6.07) is 10.5. The Bertz CT molecular complexity index is 593. The molecule has 5 heteroatoms. The van der Waals surface area contributed by atoms with Crippen molar-refractivity contribution in [3.63, 3.8) is 0 Å². The van der Waals surface area contributed by atoms with Gasteiger partial charge in [-0.3, -0.25) is 0 Å². The monoisotopic (exact) mass is 245 g/mol. The average Bonchev–Trinajstić information content (AvgIpc) is 2.34. The maximum atomic E-state index is 8.82. The fourth-order valence-electron chi connectivity index (χ4n) is 1.26. The maximum Gasteiger partial charge on any atom is 0.239 e. The van der Waals surface area contributed by atoms with Crippen LogP contribution in [-0.2, 0) is 0 Å². The highest BCUT2D eigenvalue weighted by molar-refractivity contribution is 6.33. The number of nitriles is 1. The molecular weight excluding hydrogens is 238 g/mol. The molecule has 0 aliphatic rings. The van der Waals surface area contributed by atoms with E-state index in [4.69, 9.17) is 27.3 Å². The minimum Gasteiger partial charge on any atom is -0.435 e. The van der Waals surface area contributed by atoms with E-state index in [2.05, 4.69) is 4.98 Å². The van der Waals surface area contributed by atoms with E-state index in [9.17, 15) is 0 Å². The summed E-state index contributed by atoms with van der Waals surface area (Å²) in [6.07, 6.45) is 1.46. The van der Waals surface area contributed by atoms with E-state index in [0.717, 1.165) is 0 Å². The molecule has 2 aromatic rings. The second kappa shape index (κ2) is 4.73. The summed E-state index contributed by atoms with van der Waals surface area (Å²) in [5.74, 6) is 0.626. The molecule has 17 heavy (non-hydrogen) atoms. The first-order valence-corrected chi connectivity index (χ1v) is 5.17. The predicted molar refractivity (Wildman–Crippen MR) is 64.9 cm³/mol. The molecular formula is C12H8ClN3O. The molecule has 0 fully saturated rings. The zero-order valence-electron chi connectivity index (χ0n) is 8.72. The van der Waals surface area contributed by atoms with Crippen molar-refractivity contribution in [2.45, 2.75) is 0 Å². The van der Waals surface area contributed by atoms with Crippen LogP contribution in [0.2, 0.25) is 5.02 Å². The van der Waals surface area contributed by atoms with Gasteiger partial charge in [0.2, 0.25) is 5.88 Å². The van der Waals surface area contributed by atoms with Gasteiger partial charge in [0.05, 0.1) is 11.3 Å². The quantitative estimate of drug-likeness (QED) is 0.826. The SMILES string of the molecule is N#Cc1ccnc(Oc2ccccc2N)c1Cl. The highest BCUT2D eigenvalue weighted by Crippen LogP contribution is 2.31. The van der Waals surface area contributed by atoms with Crippen LogP contribution in [0.3, 0.4) is 0 Å². The van der Waals surface area contributed by atoms with Crippen LogP contribution in [0, 0.1) is 11.3 Å². The van der Waals surface area contributed by atoms with E-state index in [-0.39, 0.29) is 10.9 Å². The Morgan fingerprint density at radius 1 is 1.29 bits per heavy atom. The number of hydrogen-bond acceptors (Lipinski definition) is 4. The Morgan fingerprint density at radius 3 is 2.76 bits per heavy atom. The average molecular weight is 246 g/mol. The van der Waals surface area contributed by atoms with Crippen molar-refractivity contribution in [3.05, 3.63) is 47.1 Å². The smallest absolute Gasteiger partial charge is 0.239 e. The molecule has 0 unspecified atom stereocenters. The van der Waals surface area contributed by atoms with Gasteiger partial charge in [-0.2, -0.15) is 5.26 Å². The molecule has 0 bridgehead atoms. The number of anilines is 1. The molecule has 1 heterocycles. The zero-order chi connectivity index (χ0) is 12.3. The van der Waals surface area contributed by atoms with E-state index in [0.29, 0.717) is 17.0 Å². The third-order valence-electron chi connectivity index (χ3n) is 2.10. The predicted octanol–water partition coefficient (Wildman–Crippen LogP) is 2.98. The van der Waals surface area contributed by atoms with Crippen molar-refractivity contribution < 1.29 is 4.74 Å². The first kappa shape index (κ1) is 11.2. The minimum atomic E-state index is 0.170. The van der Waals surface area contributed by atoms with Gasteiger partial charge >= 0.3 is 0 Å². The van der Waals surface area contributed by atoms with E-state index in [1.165, 1.54) is 12.3 Å². The highest BCUT2D eigenvalue weighted by atomic mass is 35.5. The van der Waals surface area contributed by atoms with Crippen LogP contribution in [0.1, 0.15) is 5.56 Å². The van der Waals surface area contributed by atoms with Gasteiger partial charge in [0.15, 0.2) is 5.75 Å². The molecule has 0 aliphatic carbocycles. The van der Waals surface area contributed by atoms with E-state index in [1.54, 1.807) is 24.3 Å². The summed E-state index contributed by atoms with van der Waals surface area (Å²) in [7, 11) is 0. The molecule has 2 N–H and O–H groups in total. The van der Waals surface area contributed by atoms with Crippen LogP contribution in [-0.4, -0.2) is 4.98 Å². The van der Waals surface area contributed by atoms with Gasteiger partial charge in [0, 0.05) is 6.20 Å². The number of hydrogen-bond donors (Lipinski definition) is 1. The number of rotatable bonds is 2. The van der Waals surface area contributed by atoms with Gasteiger partial charge in [-0.1, -0.05) is 23.7 Å². The number of nitrogens with two attached hydrogens (primary N) is 1. The lowest BCUT2D eigenvalue weighted by atomic mass is 10.3. The first-order valence-electron chi connectivity index (χ1n) is 4.79. The van der Waals surface area contributed by atoms with Crippen molar-refractivity contribution in [3.8, 4) is 17.7 Å². The van der Waals surface area contributed by atoms with Gasteiger partial charge in [-0.25, -0.2) is 4.98 Å². The lowest BCUT2D eigenvalue weighted by Gasteiger charge is -2.08. The lowest BCUT2D eigenvalue weighted by molar-refractivity contribution is 0.465. The summed E-state index contributed by atoms with van der Waals surface area (Å²) in [5, 5.41) is 9.00. The number of halogens is 1. The second-order valence-electron chi connectivity index (χ2n) is 3.23. The Morgan fingerprint density at radius 2 is 2.06 bits per heavy atom. The van der Waals surface area contributed by atoms with Crippen LogP contribution in [0.5, 0.6) is 11.6 Å². The van der Waals surface area contributed by atoms with Gasteiger partial charge in [0.1, 0.15) is 11.1 Å². The highest BCUT2D eigenvalue weighted by Gasteiger charge is 2.10. The summed E-state index contributed by atoms with van der Waals surface area (Å²) < 4.78 is 5.46. The van der Waals surface area contributed by atoms with E-state index in [1.807, 2.05) is 6.07 Å². The Kier molecular flexibility index (Phi) is 3.12. The molecule has 0 amide bonds. The number of nitrogens with zero attached hydrogens (tertiary/aromatic N) is 2. The normalized spacial score (nSPS) is 9.65. The largest absolute Gasteiger partial charge is 0.435 e. The standard InChI is InChI=1S/C12H8ClN3O/c13-11-8(7-14)5-6-16-12(11)17-10-4-2-1-3-9(10)15/h1-6H,15H2. The summed E-state index contributed by atoms with van der Waals surface area (Å²) in [5.41, 5.74) is 6.52. The van der Waals surface area contributed by atoms with E-state index < -0.39 is 0 Å². The van der Waals surface area contributed by atoms with Crippen LogP contribution >= 0.6 is 11.6 Å². The molecule has 84 valence electrons. The van der Waals surface area contributed by atoms with Crippen molar-refractivity contribution >= 4 is 17.3 Å². The molecule has 1 aromatic heterocycles. The summed E-state index contributed by atoms with van der Waals surface area (Å²) in [4.78, 5) is 3.96.